The number of carbonyl (C=O) groups is 1. The zero-order chi connectivity index (χ0) is 22.7. The predicted molar refractivity (Wildman–Crippen MR) is 126 cm³/mol. The summed E-state index contributed by atoms with van der Waals surface area (Å²) >= 11 is 0. The molecule has 33 heavy (non-hydrogen) atoms. The first-order chi connectivity index (χ1) is 16.0. The third-order valence-electron chi connectivity index (χ3n) is 6.86. The zero-order valence-electron chi connectivity index (χ0n) is 18.7. The van der Waals surface area contributed by atoms with Crippen molar-refractivity contribution in [1.29, 1.82) is 0 Å². The molecule has 1 aromatic carbocycles. The molecule has 168 valence electrons. The van der Waals surface area contributed by atoms with Crippen molar-refractivity contribution in [3.05, 3.63) is 63.2 Å². The average molecular weight is 444 g/mol. The minimum absolute atomic E-state index is 0.0941. The largest absolute Gasteiger partial charge is 0.381 e. The van der Waals surface area contributed by atoms with E-state index in [1.54, 1.807) is 23.4 Å². The number of anilines is 1. The monoisotopic (exact) mass is 443 g/mol. The van der Waals surface area contributed by atoms with Gasteiger partial charge in [0.2, 0.25) is 0 Å². The van der Waals surface area contributed by atoms with Crippen LogP contribution in [0.5, 0.6) is 0 Å². The third-order valence-corrected chi connectivity index (χ3v) is 6.86. The van der Waals surface area contributed by atoms with Gasteiger partial charge < -0.3 is 9.72 Å². The van der Waals surface area contributed by atoms with Gasteiger partial charge in [-0.15, -0.1) is 0 Å². The molecule has 0 unspecified atom stereocenters. The Morgan fingerprint density at radius 2 is 1.94 bits per heavy atom. The number of hydrogen-bond acceptors (Lipinski definition) is 5. The van der Waals surface area contributed by atoms with E-state index in [9.17, 15) is 9.59 Å². The molecule has 1 amide bonds. The van der Waals surface area contributed by atoms with Gasteiger partial charge in [-0.1, -0.05) is 6.07 Å². The lowest BCUT2D eigenvalue weighted by Crippen LogP contribution is -2.30. The van der Waals surface area contributed by atoms with Crippen LogP contribution in [-0.2, 0) is 11.2 Å². The van der Waals surface area contributed by atoms with Crippen molar-refractivity contribution >= 4 is 33.5 Å². The van der Waals surface area contributed by atoms with E-state index in [1.807, 2.05) is 24.6 Å². The highest BCUT2D eigenvalue weighted by atomic mass is 16.5. The van der Waals surface area contributed by atoms with Crippen LogP contribution in [0.2, 0.25) is 0 Å². The fraction of sp³-hybridized carbons (Fsp3) is 0.360. The summed E-state index contributed by atoms with van der Waals surface area (Å²) in [5.41, 5.74) is 4.90. The van der Waals surface area contributed by atoms with Gasteiger partial charge in [0.05, 0.1) is 28.7 Å². The second-order valence-electron chi connectivity index (χ2n) is 9.06. The van der Waals surface area contributed by atoms with Crippen molar-refractivity contribution in [3.8, 4) is 0 Å². The van der Waals surface area contributed by atoms with Crippen LogP contribution < -0.4 is 10.5 Å². The molecular weight excluding hydrogens is 418 g/mol. The van der Waals surface area contributed by atoms with E-state index in [-0.39, 0.29) is 17.5 Å². The van der Waals surface area contributed by atoms with Crippen molar-refractivity contribution in [2.24, 2.45) is 0 Å². The smallest absolute Gasteiger partial charge is 0.259 e. The first kappa shape index (κ1) is 20.1. The highest BCUT2D eigenvalue weighted by Crippen LogP contribution is 2.32. The number of fused-ring (bicyclic) bond motifs is 4. The first-order valence-corrected chi connectivity index (χ1v) is 11.4. The Labute approximate surface area is 190 Å². The molecule has 2 aliphatic heterocycles. The number of nitrogens with one attached hydrogen (secondary N) is 1. The minimum atomic E-state index is -0.193. The summed E-state index contributed by atoms with van der Waals surface area (Å²) in [6.07, 6.45) is 5.96. The second kappa shape index (κ2) is 7.52. The Morgan fingerprint density at radius 1 is 1.12 bits per heavy atom. The van der Waals surface area contributed by atoms with Crippen molar-refractivity contribution in [3.63, 3.8) is 0 Å². The van der Waals surface area contributed by atoms with Crippen LogP contribution in [0.3, 0.4) is 0 Å². The van der Waals surface area contributed by atoms with E-state index in [1.165, 1.54) is 0 Å². The lowest BCUT2D eigenvalue weighted by Gasteiger charge is -2.23. The molecule has 0 aliphatic carbocycles. The molecule has 1 N–H and O–H groups in total. The van der Waals surface area contributed by atoms with E-state index >= 15 is 0 Å². The molecule has 0 bridgehead atoms. The van der Waals surface area contributed by atoms with Crippen molar-refractivity contribution in [1.82, 2.24) is 19.7 Å². The minimum Gasteiger partial charge on any atom is -0.381 e. The third kappa shape index (κ3) is 3.16. The number of carbonyl (C=O) groups excluding carboxylic acids is 1. The van der Waals surface area contributed by atoms with Gasteiger partial charge in [0.25, 0.3) is 11.5 Å². The number of H-pyrrole nitrogens is 1. The maximum atomic E-state index is 13.5. The number of aryl methyl sites for hydroxylation is 2. The van der Waals surface area contributed by atoms with Crippen molar-refractivity contribution in [2.75, 3.05) is 24.7 Å². The highest BCUT2D eigenvalue weighted by molar-refractivity contribution is 6.11. The topological polar surface area (TPSA) is 93.1 Å². The summed E-state index contributed by atoms with van der Waals surface area (Å²) in [4.78, 5) is 35.6. The number of ether oxygens (including phenoxy) is 1. The fourth-order valence-electron chi connectivity index (χ4n) is 5.16. The second-order valence-corrected chi connectivity index (χ2v) is 9.06. The number of aromatic amines is 1. The van der Waals surface area contributed by atoms with Gasteiger partial charge in [0.15, 0.2) is 0 Å². The molecule has 3 aromatic heterocycles. The van der Waals surface area contributed by atoms with Crippen molar-refractivity contribution in [2.45, 2.75) is 39.2 Å². The van der Waals surface area contributed by atoms with Crippen molar-refractivity contribution < 1.29 is 9.53 Å². The normalized spacial score (nSPS) is 16.6. The van der Waals surface area contributed by atoms with Crippen LogP contribution in [0.1, 0.15) is 45.9 Å². The van der Waals surface area contributed by atoms with E-state index in [0.29, 0.717) is 36.2 Å². The van der Waals surface area contributed by atoms with Crippen LogP contribution in [0.4, 0.5) is 5.82 Å². The quantitative estimate of drug-likeness (QED) is 0.512. The average Bonchev–Trinajstić information content (AvgIpc) is 3.44. The molecule has 5 heterocycles. The van der Waals surface area contributed by atoms with Gasteiger partial charge in [-0.05, 0) is 61.9 Å². The number of pyridine rings is 2. The van der Waals surface area contributed by atoms with Gasteiger partial charge in [-0.2, -0.15) is 5.10 Å². The van der Waals surface area contributed by atoms with E-state index in [0.717, 1.165) is 52.7 Å². The summed E-state index contributed by atoms with van der Waals surface area (Å²) < 4.78 is 7.48. The SMILES string of the molecule is Cc1cnc2c(c1)CCN2C(=O)c1cc2[nH]c(=O)c3cnn(C4CCOCC4)c3c2cc1C. The summed E-state index contributed by atoms with van der Waals surface area (Å²) in [5.74, 6) is 0.634. The summed E-state index contributed by atoms with van der Waals surface area (Å²) in [7, 11) is 0. The molecule has 0 radical (unpaired) electrons. The highest BCUT2D eigenvalue weighted by Gasteiger charge is 2.29. The van der Waals surface area contributed by atoms with Gasteiger partial charge in [0.1, 0.15) is 5.82 Å². The number of benzene rings is 1. The Hall–Kier alpha value is -3.52. The molecule has 1 saturated heterocycles. The molecule has 0 atom stereocenters. The number of amides is 1. The molecule has 8 nitrogen and oxygen atoms in total. The summed E-state index contributed by atoms with van der Waals surface area (Å²) in [6.45, 7) is 5.94. The molecule has 4 aromatic rings. The lowest BCUT2D eigenvalue weighted by molar-refractivity contribution is 0.0675. The van der Waals surface area contributed by atoms with E-state index < -0.39 is 0 Å². The number of aromatic nitrogens is 4. The van der Waals surface area contributed by atoms with Crippen LogP contribution in [0.15, 0.2) is 35.4 Å². The Bertz CT molecular complexity index is 1480. The van der Waals surface area contributed by atoms with E-state index in [2.05, 4.69) is 21.1 Å². The standard InChI is InChI=1S/C25H25N5O3/c1-14-9-16-3-6-29(23(16)26-12-14)25(32)18-11-21-19(10-15(18)2)22-20(24(31)28-21)13-27-30(22)17-4-7-33-8-5-17/h9-13,17H,3-8H2,1-2H3,(H,28,31). The van der Waals surface area contributed by atoms with E-state index in [4.69, 9.17) is 4.74 Å². The molecule has 2 aliphatic rings. The van der Waals surface area contributed by atoms with Gasteiger partial charge >= 0.3 is 0 Å². The fourth-order valence-corrected chi connectivity index (χ4v) is 5.16. The Morgan fingerprint density at radius 3 is 2.76 bits per heavy atom. The number of nitrogens with zero attached hydrogens (tertiary/aromatic N) is 4. The molecular formula is C25H25N5O3. The van der Waals surface area contributed by atoms with Crippen LogP contribution >= 0.6 is 0 Å². The molecule has 0 saturated carbocycles. The van der Waals surface area contributed by atoms with Crippen LogP contribution in [0.25, 0.3) is 21.8 Å². The first-order valence-electron chi connectivity index (χ1n) is 11.4. The zero-order valence-corrected chi connectivity index (χ0v) is 18.7. The van der Waals surface area contributed by atoms with Gasteiger partial charge in [-0.25, -0.2) is 4.98 Å². The number of hydrogen-bond donors (Lipinski definition) is 1. The van der Waals surface area contributed by atoms with Crippen LogP contribution in [0, 0.1) is 13.8 Å². The van der Waals surface area contributed by atoms with Gasteiger partial charge in [0, 0.05) is 36.9 Å². The predicted octanol–water partition coefficient (Wildman–Crippen LogP) is 3.44. The van der Waals surface area contributed by atoms with Crippen LogP contribution in [-0.4, -0.2) is 45.4 Å². The maximum absolute atomic E-state index is 13.5. The lowest BCUT2D eigenvalue weighted by atomic mass is 10.0. The Balaban J connectivity index is 1.48. The summed E-state index contributed by atoms with van der Waals surface area (Å²) in [6, 6.07) is 6.09. The molecule has 1 fully saturated rings. The Kier molecular flexibility index (Phi) is 4.58. The maximum Gasteiger partial charge on any atom is 0.259 e. The molecule has 8 heteroatoms. The molecule has 6 rings (SSSR count). The summed E-state index contributed by atoms with van der Waals surface area (Å²) in [5, 5.41) is 6.04. The molecule has 0 spiro atoms. The number of rotatable bonds is 2. The van der Waals surface area contributed by atoms with Gasteiger partial charge in [-0.3, -0.25) is 19.2 Å².